The largest absolute Gasteiger partial charge is 0.465 e. The first-order valence-electron chi connectivity index (χ1n) is 7.42. The molecule has 1 unspecified atom stereocenters. The SMILES string of the molecule is COC(=O)c1cc(NC2CC(=O)N(C3CC3)C2)ccc1[N+](=O)[O-]. The van der Waals surface area contributed by atoms with E-state index in [-0.39, 0.29) is 23.2 Å². The molecule has 0 radical (unpaired) electrons. The topological polar surface area (TPSA) is 102 Å². The zero-order valence-electron chi connectivity index (χ0n) is 12.7. The summed E-state index contributed by atoms with van der Waals surface area (Å²) in [6.07, 6.45) is 2.51. The minimum atomic E-state index is -0.762. The van der Waals surface area contributed by atoms with Crippen LogP contribution in [0.15, 0.2) is 18.2 Å². The summed E-state index contributed by atoms with van der Waals surface area (Å²) < 4.78 is 4.59. The molecular formula is C15H17N3O5. The summed E-state index contributed by atoms with van der Waals surface area (Å²) in [5, 5.41) is 14.2. The van der Waals surface area contributed by atoms with E-state index < -0.39 is 10.9 Å². The molecule has 1 aromatic rings. The smallest absolute Gasteiger partial charge is 0.344 e. The Bertz CT molecular complexity index is 671. The lowest BCUT2D eigenvalue weighted by Gasteiger charge is -2.17. The number of carbonyl (C=O) groups excluding carboxylic acids is 2. The first-order chi connectivity index (χ1) is 11.0. The highest BCUT2D eigenvalue weighted by molar-refractivity contribution is 5.95. The number of nitrogens with one attached hydrogen (secondary N) is 1. The lowest BCUT2D eigenvalue weighted by molar-refractivity contribution is -0.385. The summed E-state index contributed by atoms with van der Waals surface area (Å²) in [5.74, 6) is -0.637. The molecule has 1 saturated carbocycles. The second-order valence-electron chi connectivity index (χ2n) is 5.80. The minimum Gasteiger partial charge on any atom is -0.465 e. The molecule has 2 aliphatic rings. The van der Waals surface area contributed by atoms with Gasteiger partial charge in [-0.1, -0.05) is 0 Å². The van der Waals surface area contributed by atoms with Crippen LogP contribution < -0.4 is 5.32 Å². The molecule has 1 atom stereocenters. The van der Waals surface area contributed by atoms with Gasteiger partial charge in [-0.25, -0.2) is 4.79 Å². The zero-order chi connectivity index (χ0) is 16.6. The first-order valence-corrected chi connectivity index (χ1v) is 7.42. The van der Waals surface area contributed by atoms with Gasteiger partial charge in [0.05, 0.1) is 18.1 Å². The van der Waals surface area contributed by atoms with Crippen molar-refractivity contribution in [2.45, 2.75) is 31.3 Å². The summed E-state index contributed by atoms with van der Waals surface area (Å²) in [6.45, 7) is 0.619. The number of amides is 1. The predicted molar refractivity (Wildman–Crippen MR) is 81.2 cm³/mol. The third kappa shape index (κ3) is 3.10. The van der Waals surface area contributed by atoms with Crippen molar-refractivity contribution in [2.75, 3.05) is 19.0 Å². The van der Waals surface area contributed by atoms with Crippen molar-refractivity contribution in [3.63, 3.8) is 0 Å². The molecule has 1 aliphatic carbocycles. The molecule has 1 aliphatic heterocycles. The van der Waals surface area contributed by atoms with Crippen molar-refractivity contribution in [3.8, 4) is 0 Å². The lowest BCUT2D eigenvalue weighted by atomic mass is 10.1. The maximum Gasteiger partial charge on any atom is 0.344 e. The Morgan fingerprint density at radius 1 is 1.43 bits per heavy atom. The normalized spacial score (nSPS) is 20.5. The fourth-order valence-corrected chi connectivity index (χ4v) is 2.86. The Labute approximate surface area is 132 Å². The number of benzene rings is 1. The first kappa shape index (κ1) is 15.3. The predicted octanol–water partition coefficient (Wildman–Crippen LogP) is 1.56. The second kappa shape index (κ2) is 5.86. The van der Waals surface area contributed by atoms with E-state index in [1.54, 1.807) is 0 Å². The van der Waals surface area contributed by atoms with Crippen LogP contribution >= 0.6 is 0 Å². The molecule has 1 saturated heterocycles. The van der Waals surface area contributed by atoms with Gasteiger partial charge in [-0.2, -0.15) is 0 Å². The van der Waals surface area contributed by atoms with E-state index in [2.05, 4.69) is 10.1 Å². The number of ether oxygens (including phenoxy) is 1. The van der Waals surface area contributed by atoms with Crippen molar-refractivity contribution in [2.24, 2.45) is 0 Å². The summed E-state index contributed by atoms with van der Waals surface area (Å²) in [4.78, 5) is 35.9. The summed E-state index contributed by atoms with van der Waals surface area (Å²) >= 11 is 0. The second-order valence-corrected chi connectivity index (χ2v) is 5.80. The standard InChI is InChI=1S/C15H17N3O5/c1-23-15(20)12-6-9(2-5-13(12)18(21)22)16-10-7-14(19)17(8-10)11-3-4-11/h2,5-6,10-11,16H,3-4,7-8H2,1H3. The number of esters is 1. The average Bonchev–Trinajstić information content (AvgIpc) is 3.30. The highest BCUT2D eigenvalue weighted by Crippen LogP contribution is 2.32. The average molecular weight is 319 g/mol. The molecule has 8 nitrogen and oxygen atoms in total. The summed E-state index contributed by atoms with van der Waals surface area (Å²) in [7, 11) is 1.18. The van der Waals surface area contributed by atoms with Crippen molar-refractivity contribution < 1.29 is 19.2 Å². The fraction of sp³-hybridized carbons (Fsp3) is 0.467. The third-order valence-corrected chi connectivity index (χ3v) is 4.12. The number of likely N-dealkylation sites (tertiary alicyclic amines) is 1. The number of hydrogen-bond donors (Lipinski definition) is 1. The maximum atomic E-state index is 11.9. The van der Waals surface area contributed by atoms with E-state index in [9.17, 15) is 19.7 Å². The Morgan fingerprint density at radius 2 is 2.17 bits per heavy atom. The Hall–Kier alpha value is -2.64. The number of nitro groups is 1. The van der Waals surface area contributed by atoms with Crippen LogP contribution in [0.4, 0.5) is 11.4 Å². The van der Waals surface area contributed by atoms with E-state index in [1.165, 1.54) is 25.3 Å². The van der Waals surface area contributed by atoms with Gasteiger partial charge in [-0.15, -0.1) is 0 Å². The summed E-state index contributed by atoms with van der Waals surface area (Å²) in [6, 6.07) is 4.51. The van der Waals surface area contributed by atoms with Gasteiger partial charge < -0.3 is 15.0 Å². The number of rotatable bonds is 5. The van der Waals surface area contributed by atoms with E-state index in [1.807, 2.05) is 4.90 Å². The van der Waals surface area contributed by atoms with Crippen LogP contribution in [0.1, 0.15) is 29.6 Å². The van der Waals surface area contributed by atoms with Crippen LogP contribution in [0.2, 0.25) is 0 Å². The number of anilines is 1. The number of nitro benzene ring substituents is 1. The summed E-state index contributed by atoms with van der Waals surface area (Å²) in [5.41, 5.74) is 0.154. The number of nitrogens with zero attached hydrogens (tertiary/aromatic N) is 2. The lowest BCUT2D eigenvalue weighted by Crippen LogP contribution is -2.29. The van der Waals surface area contributed by atoms with Crippen LogP contribution in [0.3, 0.4) is 0 Å². The highest BCUT2D eigenvalue weighted by Gasteiger charge is 2.39. The molecule has 1 aromatic carbocycles. The van der Waals surface area contributed by atoms with E-state index in [0.717, 1.165) is 12.8 Å². The van der Waals surface area contributed by atoms with Crippen LogP contribution in [-0.4, -0.2) is 47.4 Å². The van der Waals surface area contributed by atoms with Gasteiger partial charge in [0.25, 0.3) is 5.69 Å². The third-order valence-electron chi connectivity index (χ3n) is 4.12. The monoisotopic (exact) mass is 319 g/mol. The Morgan fingerprint density at radius 3 is 2.78 bits per heavy atom. The molecule has 3 rings (SSSR count). The molecular weight excluding hydrogens is 302 g/mol. The number of carbonyl (C=O) groups is 2. The van der Waals surface area contributed by atoms with Gasteiger partial charge in [-0.3, -0.25) is 14.9 Å². The number of hydrogen-bond acceptors (Lipinski definition) is 6. The molecule has 23 heavy (non-hydrogen) atoms. The highest BCUT2D eigenvalue weighted by atomic mass is 16.6. The molecule has 1 amide bonds. The molecule has 8 heteroatoms. The van der Waals surface area contributed by atoms with Crippen LogP contribution in [0, 0.1) is 10.1 Å². The van der Waals surface area contributed by atoms with Gasteiger partial charge >= 0.3 is 5.97 Å². The molecule has 122 valence electrons. The Kier molecular flexibility index (Phi) is 3.89. The molecule has 2 fully saturated rings. The van der Waals surface area contributed by atoms with E-state index in [4.69, 9.17) is 0 Å². The Balaban J connectivity index is 1.76. The quantitative estimate of drug-likeness (QED) is 0.502. The molecule has 0 aromatic heterocycles. The molecule has 1 N–H and O–H groups in total. The van der Waals surface area contributed by atoms with Crippen molar-refractivity contribution in [1.82, 2.24) is 4.90 Å². The van der Waals surface area contributed by atoms with E-state index >= 15 is 0 Å². The van der Waals surface area contributed by atoms with Gasteiger partial charge in [0, 0.05) is 30.8 Å². The van der Waals surface area contributed by atoms with Crippen LogP contribution in [-0.2, 0) is 9.53 Å². The fourth-order valence-electron chi connectivity index (χ4n) is 2.86. The molecule has 1 heterocycles. The van der Waals surface area contributed by atoms with Gasteiger partial charge in [0.2, 0.25) is 5.91 Å². The van der Waals surface area contributed by atoms with Crippen LogP contribution in [0.5, 0.6) is 0 Å². The number of methoxy groups -OCH3 is 1. The van der Waals surface area contributed by atoms with E-state index in [0.29, 0.717) is 24.7 Å². The van der Waals surface area contributed by atoms with Crippen molar-refractivity contribution in [1.29, 1.82) is 0 Å². The van der Waals surface area contributed by atoms with Gasteiger partial charge in [0.1, 0.15) is 5.56 Å². The van der Waals surface area contributed by atoms with Crippen molar-refractivity contribution in [3.05, 3.63) is 33.9 Å². The van der Waals surface area contributed by atoms with Gasteiger partial charge in [0.15, 0.2) is 0 Å². The molecule has 0 spiro atoms. The minimum absolute atomic E-state index is 0.0601. The zero-order valence-corrected chi connectivity index (χ0v) is 12.7. The van der Waals surface area contributed by atoms with Gasteiger partial charge in [-0.05, 0) is 25.0 Å². The van der Waals surface area contributed by atoms with Crippen molar-refractivity contribution >= 4 is 23.3 Å². The molecule has 0 bridgehead atoms. The van der Waals surface area contributed by atoms with Crippen LogP contribution in [0.25, 0.3) is 0 Å². The maximum absolute atomic E-state index is 11.9.